The molecule has 1 saturated carbocycles. The van der Waals surface area contributed by atoms with Crippen LogP contribution in [0.5, 0.6) is 5.75 Å². The molecule has 0 aliphatic heterocycles. The lowest BCUT2D eigenvalue weighted by atomic mass is 9.90. The predicted octanol–water partition coefficient (Wildman–Crippen LogP) is 2.57. The largest absolute Gasteiger partial charge is 0.493 e. The monoisotopic (exact) mass is 362 g/mol. The van der Waals surface area contributed by atoms with Crippen LogP contribution in [0.1, 0.15) is 32.1 Å². The molecule has 2 rings (SSSR count). The molecule has 5 nitrogen and oxygen atoms in total. The first-order valence-electron chi connectivity index (χ1n) is 7.99. The Morgan fingerprint density at radius 1 is 1.09 bits per heavy atom. The molecule has 0 radical (unpaired) electrons. The van der Waals surface area contributed by atoms with E-state index in [9.17, 15) is 8.42 Å². The van der Waals surface area contributed by atoms with Crippen molar-refractivity contribution in [2.75, 3.05) is 26.7 Å². The molecule has 1 aliphatic carbocycles. The molecule has 1 aliphatic rings. The summed E-state index contributed by atoms with van der Waals surface area (Å²) < 4.78 is 32.4. The first-order chi connectivity index (χ1) is 10.6. The first kappa shape index (κ1) is 20.2. The highest BCUT2D eigenvalue weighted by atomic mass is 35.5. The Balaban J connectivity index is 0.00000264. The van der Waals surface area contributed by atoms with Crippen LogP contribution in [0.3, 0.4) is 0 Å². The lowest BCUT2D eigenvalue weighted by Gasteiger charge is -2.21. The molecule has 0 unspecified atom stereocenters. The van der Waals surface area contributed by atoms with Crippen LogP contribution in [0.2, 0.25) is 0 Å². The molecule has 1 aromatic rings. The SMILES string of the molecule is CNCCNS(=O)(=O)c1ccc(OCC2CCCCC2)cc1.Cl. The molecule has 0 spiro atoms. The van der Waals surface area contributed by atoms with Crippen molar-refractivity contribution in [2.45, 2.75) is 37.0 Å². The third kappa shape index (κ3) is 6.67. The molecule has 0 saturated heterocycles. The Morgan fingerprint density at radius 3 is 2.35 bits per heavy atom. The lowest BCUT2D eigenvalue weighted by molar-refractivity contribution is 0.209. The van der Waals surface area contributed by atoms with E-state index in [2.05, 4.69) is 10.0 Å². The molecule has 1 aromatic carbocycles. The van der Waals surface area contributed by atoms with E-state index < -0.39 is 10.0 Å². The number of nitrogens with one attached hydrogen (secondary N) is 2. The molecular formula is C16H27ClN2O3S. The van der Waals surface area contributed by atoms with Crippen molar-refractivity contribution in [2.24, 2.45) is 5.92 Å². The van der Waals surface area contributed by atoms with E-state index in [1.54, 1.807) is 31.3 Å². The molecule has 132 valence electrons. The van der Waals surface area contributed by atoms with Crippen LogP contribution >= 0.6 is 12.4 Å². The van der Waals surface area contributed by atoms with Crippen LogP contribution in [0, 0.1) is 5.92 Å². The van der Waals surface area contributed by atoms with Gasteiger partial charge in [-0.2, -0.15) is 0 Å². The molecule has 0 atom stereocenters. The van der Waals surface area contributed by atoms with Crippen LogP contribution in [-0.2, 0) is 10.0 Å². The Kier molecular flexibility index (Phi) is 8.91. The van der Waals surface area contributed by atoms with Gasteiger partial charge in [-0.25, -0.2) is 13.1 Å². The van der Waals surface area contributed by atoms with Crippen molar-refractivity contribution in [3.63, 3.8) is 0 Å². The minimum atomic E-state index is -3.43. The maximum Gasteiger partial charge on any atom is 0.240 e. The van der Waals surface area contributed by atoms with E-state index >= 15 is 0 Å². The molecule has 0 amide bonds. The second-order valence-corrected chi connectivity index (χ2v) is 7.55. The summed E-state index contributed by atoms with van der Waals surface area (Å²) in [4.78, 5) is 0.272. The van der Waals surface area contributed by atoms with Gasteiger partial charge in [-0.15, -0.1) is 12.4 Å². The number of rotatable bonds is 8. The molecule has 23 heavy (non-hydrogen) atoms. The van der Waals surface area contributed by atoms with Crippen LogP contribution in [-0.4, -0.2) is 35.2 Å². The van der Waals surface area contributed by atoms with E-state index in [1.165, 1.54) is 32.1 Å². The van der Waals surface area contributed by atoms with Crippen molar-refractivity contribution in [3.05, 3.63) is 24.3 Å². The highest BCUT2D eigenvalue weighted by Crippen LogP contribution is 2.25. The van der Waals surface area contributed by atoms with Crippen molar-refractivity contribution < 1.29 is 13.2 Å². The number of benzene rings is 1. The third-order valence-corrected chi connectivity index (χ3v) is 5.49. The fourth-order valence-corrected chi connectivity index (χ4v) is 3.71. The van der Waals surface area contributed by atoms with Crippen molar-refractivity contribution in [1.82, 2.24) is 10.0 Å². The number of likely N-dealkylation sites (N-methyl/N-ethyl adjacent to an activating group) is 1. The average Bonchev–Trinajstić information content (AvgIpc) is 2.54. The van der Waals surface area contributed by atoms with E-state index in [0.29, 0.717) is 19.0 Å². The van der Waals surface area contributed by atoms with Gasteiger partial charge in [-0.1, -0.05) is 19.3 Å². The van der Waals surface area contributed by atoms with E-state index in [-0.39, 0.29) is 17.3 Å². The number of sulfonamides is 1. The van der Waals surface area contributed by atoms with Crippen LogP contribution in [0.25, 0.3) is 0 Å². The zero-order valence-corrected chi connectivity index (χ0v) is 15.2. The predicted molar refractivity (Wildman–Crippen MR) is 94.9 cm³/mol. The summed E-state index contributed by atoms with van der Waals surface area (Å²) in [6.07, 6.45) is 6.40. The van der Waals surface area contributed by atoms with Gasteiger partial charge >= 0.3 is 0 Å². The molecular weight excluding hydrogens is 336 g/mol. The molecule has 2 N–H and O–H groups in total. The highest BCUT2D eigenvalue weighted by molar-refractivity contribution is 7.89. The zero-order chi connectivity index (χ0) is 15.8. The Bertz CT molecular complexity index is 543. The maximum atomic E-state index is 12.0. The van der Waals surface area contributed by atoms with E-state index in [1.807, 2.05) is 0 Å². The Morgan fingerprint density at radius 2 is 1.74 bits per heavy atom. The summed E-state index contributed by atoms with van der Waals surface area (Å²) in [7, 11) is -1.65. The summed E-state index contributed by atoms with van der Waals surface area (Å²) in [5, 5.41) is 2.90. The van der Waals surface area contributed by atoms with Gasteiger partial charge in [0.05, 0.1) is 11.5 Å². The summed E-state index contributed by atoms with van der Waals surface area (Å²) in [6, 6.07) is 6.65. The quantitative estimate of drug-likeness (QED) is 0.697. The molecule has 1 fully saturated rings. The van der Waals surface area contributed by atoms with Crippen molar-refractivity contribution >= 4 is 22.4 Å². The summed E-state index contributed by atoms with van der Waals surface area (Å²) >= 11 is 0. The smallest absolute Gasteiger partial charge is 0.240 e. The minimum absolute atomic E-state index is 0. The Labute approximate surface area is 145 Å². The zero-order valence-electron chi connectivity index (χ0n) is 13.6. The highest BCUT2D eigenvalue weighted by Gasteiger charge is 2.15. The van der Waals surface area contributed by atoms with Gasteiger partial charge in [-0.05, 0) is 50.1 Å². The van der Waals surface area contributed by atoms with Gasteiger partial charge in [0.15, 0.2) is 0 Å². The Hall–Kier alpha value is -0.820. The van der Waals surface area contributed by atoms with Gasteiger partial charge in [-0.3, -0.25) is 0 Å². The maximum absolute atomic E-state index is 12.0. The van der Waals surface area contributed by atoms with Gasteiger partial charge in [0, 0.05) is 13.1 Å². The fraction of sp³-hybridized carbons (Fsp3) is 0.625. The molecule has 0 bridgehead atoms. The second-order valence-electron chi connectivity index (χ2n) is 5.79. The lowest BCUT2D eigenvalue weighted by Crippen LogP contribution is -2.30. The second kappa shape index (κ2) is 10.1. The fourth-order valence-electron chi connectivity index (χ4n) is 2.68. The van der Waals surface area contributed by atoms with Gasteiger partial charge < -0.3 is 10.1 Å². The van der Waals surface area contributed by atoms with Gasteiger partial charge in [0.25, 0.3) is 0 Å². The molecule has 0 aromatic heterocycles. The van der Waals surface area contributed by atoms with Crippen molar-refractivity contribution in [3.8, 4) is 5.75 Å². The minimum Gasteiger partial charge on any atom is -0.493 e. The summed E-state index contributed by atoms with van der Waals surface area (Å²) in [6.45, 7) is 1.70. The number of ether oxygens (including phenoxy) is 1. The van der Waals surface area contributed by atoms with Gasteiger partial charge in [0.2, 0.25) is 10.0 Å². The third-order valence-electron chi connectivity index (χ3n) is 4.01. The number of hydrogen-bond donors (Lipinski definition) is 2. The summed E-state index contributed by atoms with van der Waals surface area (Å²) in [5.41, 5.74) is 0. The normalized spacial score (nSPS) is 15.9. The number of hydrogen-bond acceptors (Lipinski definition) is 4. The van der Waals surface area contributed by atoms with Crippen LogP contribution in [0.15, 0.2) is 29.2 Å². The standard InChI is InChI=1S/C16H26N2O3S.ClH/c1-17-11-12-18-22(19,20)16-9-7-15(8-10-16)21-13-14-5-3-2-4-6-14;/h7-10,14,17-18H,2-6,11-13H2,1H3;1H. The topological polar surface area (TPSA) is 67.4 Å². The molecule has 7 heteroatoms. The number of halogens is 1. The molecule has 0 heterocycles. The van der Waals surface area contributed by atoms with E-state index in [4.69, 9.17) is 4.74 Å². The van der Waals surface area contributed by atoms with E-state index in [0.717, 1.165) is 12.4 Å². The van der Waals surface area contributed by atoms with Crippen LogP contribution in [0.4, 0.5) is 0 Å². The summed E-state index contributed by atoms with van der Waals surface area (Å²) in [5.74, 6) is 1.38. The van der Waals surface area contributed by atoms with Crippen LogP contribution < -0.4 is 14.8 Å². The van der Waals surface area contributed by atoms with Crippen molar-refractivity contribution in [1.29, 1.82) is 0 Å². The van der Waals surface area contributed by atoms with Gasteiger partial charge in [0.1, 0.15) is 5.75 Å². The first-order valence-corrected chi connectivity index (χ1v) is 9.47. The average molecular weight is 363 g/mol.